The summed E-state index contributed by atoms with van der Waals surface area (Å²) in [5.74, 6) is -0.311. The molecule has 1 aromatic carbocycles. The average molecular weight is 348 g/mol. The molecular formula is C19H16N4O3. The number of aromatic nitrogens is 2. The Morgan fingerprint density at radius 2 is 1.73 bits per heavy atom. The first-order valence-electron chi connectivity index (χ1n) is 8.23. The van der Waals surface area contributed by atoms with Crippen molar-refractivity contribution in [1.82, 2.24) is 14.3 Å². The Kier molecular flexibility index (Phi) is 3.76. The highest BCUT2D eigenvalue weighted by atomic mass is 16.2. The number of carbonyl (C=O) groups excluding carboxylic acids is 2. The highest BCUT2D eigenvalue weighted by molar-refractivity contribution is 6.13. The highest BCUT2D eigenvalue weighted by Gasteiger charge is 2.43. The zero-order valence-electron chi connectivity index (χ0n) is 14.1. The Hall–Kier alpha value is -3.48. The van der Waals surface area contributed by atoms with Gasteiger partial charge in [0.15, 0.2) is 0 Å². The Bertz CT molecular complexity index is 1060. The molecule has 26 heavy (non-hydrogen) atoms. The van der Waals surface area contributed by atoms with Crippen molar-refractivity contribution in [2.45, 2.75) is 19.5 Å². The third-order valence-corrected chi connectivity index (χ3v) is 4.43. The number of pyridine rings is 1. The Morgan fingerprint density at radius 1 is 1.00 bits per heavy atom. The topological polar surface area (TPSA) is 75.0 Å². The van der Waals surface area contributed by atoms with Gasteiger partial charge in [-0.2, -0.15) is 0 Å². The fourth-order valence-corrected chi connectivity index (χ4v) is 3.14. The first-order valence-corrected chi connectivity index (χ1v) is 8.23. The van der Waals surface area contributed by atoms with Crippen LogP contribution in [0.3, 0.4) is 0 Å². The molecule has 4 rings (SSSR count). The van der Waals surface area contributed by atoms with Gasteiger partial charge in [0.2, 0.25) is 0 Å². The molecule has 2 aromatic heterocycles. The monoisotopic (exact) mass is 348 g/mol. The standard InChI is InChI=1S/C19H16N4O3/c1-13-18(25)22(19(26)23(13)15-7-3-2-4-8-15)12-14-11-17(24)21-10-6-5-9-16(21)20-14/h2-11,13H,12H2,1H3/t13-/m0/s1. The zero-order valence-corrected chi connectivity index (χ0v) is 14.1. The molecule has 1 saturated heterocycles. The van der Waals surface area contributed by atoms with Crippen LogP contribution in [0.4, 0.5) is 10.5 Å². The summed E-state index contributed by atoms with van der Waals surface area (Å²) in [6.45, 7) is 1.65. The van der Waals surface area contributed by atoms with E-state index in [-0.39, 0.29) is 18.0 Å². The minimum absolute atomic E-state index is 0.0357. The molecule has 0 N–H and O–H groups in total. The number of amides is 3. The fourth-order valence-electron chi connectivity index (χ4n) is 3.14. The lowest BCUT2D eigenvalue weighted by molar-refractivity contribution is -0.127. The molecule has 0 radical (unpaired) electrons. The van der Waals surface area contributed by atoms with Crippen molar-refractivity contribution in [3.05, 3.63) is 76.8 Å². The Morgan fingerprint density at radius 3 is 2.50 bits per heavy atom. The van der Waals surface area contributed by atoms with Crippen LogP contribution in [-0.4, -0.2) is 32.3 Å². The number of benzene rings is 1. The number of hydrogen-bond donors (Lipinski definition) is 0. The van der Waals surface area contributed by atoms with E-state index in [9.17, 15) is 14.4 Å². The lowest BCUT2D eigenvalue weighted by atomic mass is 10.2. The summed E-state index contributed by atoms with van der Waals surface area (Å²) in [7, 11) is 0. The number of fused-ring (bicyclic) bond motifs is 1. The summed E-state index contributed by atoms with van der Waals surface area (Å²) < 4.78 is 1.41. The van der Waals surface area contributed by atoms with Crippen molar-refractivity contribution in [2.75, 3.05) is 4.90 Å². The summed E-state index contributed by atoms with van der Waals surface area (Å²) in [5, 5.41) is 0. The first kappa shape index (κ1) is 16.0. The molecule has 7 nitrogen and oxygen atoms in total. The maximum Gasteiger partial charge on any atom is 0.332 e. The number of urea groups is 1. The average Bonchev–Trinajstić information content (AvgIpc) is 2.86. The van der Waals surface area contributed by atoms with E-state index in [1.807, 2.05) is 18.2 Å². The lowest BCUT2D eigenvalue weighted by Crippen LogP contribution is -2.34. The Labute approximate surface area is 149 Å². The van der Waals surface area contributed by atoms with Gasteiger partial charge in [0.05, 0.1) is 12.2 Å². The number of anilines is 1. The maximum atomic E-state index is 12.8. The van der Waals surface area contributed by atoms with Crippen molar-refractivity contribution < 1.29 is 9.59 Å². The van der Waals surface area contributed by atoms with Crippen LogP contribution >= 0.6 is 0 Å². The van der Waals surface area contributed by atoms with Crippen molar-refractivity contribution in [1.29, 1.82) is 0 Å². The quantitative estimate of drug-likeness (QED) is 0.679. The highest BCUT2D eigenvalue weighted by Crippen LogP contribution is 2.26. The number of para-hydroxylation sites is 1. The molecular weight excluding hydrogens is 332 g/mol. The van der Waals surface area contributed by atoms with Gasteiger partial charge in [-0.15, -0.1) is 0 Å². The molecule has 0 saturated carbocycles. The smallest absolute Gasteiger partial charge is 0.282 e. The minimum atomic E-state index is -0.605. The summed E-state index contributed by atoms with van der Waals surface area (Å²) in [6, 6.07) is 14.6. The van der Waals surface area contributed by atoms with Gasteiger partial charge >= 0.3 is 6.03 Å². The van der Waals surface area contributed by atoms with Crippen LogP contribution in [0.2, 0.25) is 0 Å². The third kappa shape index (κ3) is 2.54. The van der Waals surface area contributed by atoms with Gasteiger partial charge in [-0.25, -0.2) is 9.78 Å². The molecule has 1 aliphatic heterocycles. The van der Waals surface area contributed by atoms with E-state index in [1.165, 1.54) is 15.4 Å². The molecule has 0 bridgehead atoms. The second-order valence-corrected chi connectivity index (χ2v) is 6.10. The van der Waals surface area contributed by atoms with E-state index in [4.69, 9.17) is 0 Å². The number of rotatable bonds is 3. The predicted molar refractivity (Wildman–Crippen MR) is 95.8 cm³/mol. The van der Waals surface area contributed by atoms with Crippen LogP contribution in [0.15, 0.2) is 65.6 Å². The van der Waals surface area contributed by atoms with Crippen LogP contribution in [0.5, 0.6) is 0 Å². The van der Waals surface area contributed by atoms with Gasteiger partial charge in [0.25, 0.3) is 11.5 Å². The molecule has 1 aliphatic rings. The van der Waals surface area contributed by atoms with E-state index in [1.54, 1.807) is 43.5 Å². The molecule has 1 atom stereocenters. The van der Waals surface area contributed by atoms with E-state index in [0.29, 0.717) is 17.0 Å². The molecule has 3 heterocycles. The SMILES string of the molecule is C[C@H]1C(=O)N(Cc2cc(=O)n3ccccc3n2)C(=O)N1c1ccccc1. The van der Waals surface area contributed by atoms with Gasteiger partial charge in [-0.3, -0.25) is 23.8 Å². The van der Waals surface area contributed by atoms with Gasteiger partial charge in [-0.05, 0) is 31.2 Å². The van der Waals surface area contributed by atoms with E-state index in [2.05, 4.69) is 4.98 Å². The van der Waals surface area contributed by atoms with Crippen molar-refractivity contribution in [2.24, 2.45) is 0 Å². The first-order chi connectivity index (χ1) is 12.6. The van der Waals surface area contributed by atoms with Gasteiger partial charge in [-0.1, -0.05) is 24.3 Å². The van der Waals surface area contributed by atoms with Crippen LogP contribution in [0.1, 0.15) is 12.6 Å². The predicted octanol–water partition coefficient (Wildman–Crippen LogP) is 2.05. The van der Waals surface area contributed by atoms with Crippen LogP contribution in [0, 0.1) is 0 Å². The van der Waals surface area contributed by atoms with Gasteiger partial charge < -0.3 is 0 Å². The Balaban J connectivity index is 1.67. The van der Waals surface area contributed by atoms with Crippen LogP contribution in [0.25, 0.3) is 5.65 Å². The molecule has 0 spiro atoms. The second kappa shape index (κ2) is 6.11. The normalized spacial score (nSPS) is 17.3. The summed E-state index contributed by atoms with van der Waals surface area (Å²) >= 11 is 0. The maximum absolute atomic E-state index is 12.8. The molecule has 0 aliphatic carbocycles. The molecule has 7 heteroatoms. The van der Waals surface area contributed by atoms with Crippen LogP contribution in [-0.2, 0) is 11.3 Å². The van der Waals surface area contributed by atoms with Crippen molar-refractivity contribution in [3.63, 3.8) is 0 Å². The van der Waals surface area contributed by atoms with Gasteiger partial charge in [0, 0.05) is 18.0 Å². The summed E-state index contributed by atoms with van der Waals surface area (Å²) in [6.07, 6.45) is 1.62. The van der Waals surface area contributed by atoms with E-state index < -0.39 is 12.1 Å². The number of nitrogens with zero attached hydrogens (tertiary/aromatic N) is 4. The summed E-state index contributed by atoms with van der Waals surface area (Å²) in [5.41, 5.74) is 1.26. The number of hydrogen-bond acceptors (Lipinski definition) is 4. The molecule has 1 fully saturated rings. The zero-order chi connectivity index (χ0) is 18.3. The number of carbonyl (C=O) groups is 2. The van der Waals surface area contributed by atoms with Crippen LogP contribution < -0.4 is 10.5 Å². The second-order valence-electron chi connectivity index (χ2n) is 6.10. The third-order valence-electron chi connectivity index (χ3n) is 4.43. The van der Waals surface area contributed by atoms with E-state index in [0.717, 1.165) is 4.90 Å². The number of imide groups is 1. The molecule has 3 aromatic rings. The van der Waals surface area contributed by atoms with Gasteiger partial charge in [0.1, 0.15) is 11.7 Å². The molecule has 0 unspecified atom stereocenters. The molecule has 3 amide bonds. The summed E-state index contributed by atoms with van der Waals surface area (Å²) in [4.78, 5) is 44.6. The largest absolute Gasteiger partial charge is 0.332 e. The van der Waals surface area contributed by atoms with E-state index >= 15 is 0 Å². The minimum Gasteiger partial charge on any atom is -0.282 e. The fraction of sp³-hybridized carbons (Fsp3) is 0.158. The van der Waals surface area contributed by atoms with Crippen molar-refractivity contribution in [3.8, 4) is 0 Å². The van der Waals surface area contributed by atoms with Crippen molar-refractivity contribution >= 4 is 23.3 Å². The molecule has 130 valence electrons. The lowest BCUT2D eigenvalue weighted by Gasteiger charge is -2.19.